The van der Waals surface area contributed by atoms with Gasteiger partial charge in [-0.1, -0.05) is 156 Å². The summed E-state index contributed by atoms with van der Waals surface area (Å²) in [6.45, 7) is 13.5. The first kappa shape index (κ1) is 33.0. The first-order chi connectivity index (χ1) is 24.0. The van der Waals surface area contributed by atoms with E-state index in [0.29, 0.717) is 5.56 Å². The summed E-state index contributed by atoms with van der Waals surface area (Å²) in [6, 6.07) is 48.7. The molecule has 0 saturated carbocycles. The molecule has 0 fully saturated rings. The van der Waals surface area contributed by atoms with Gasteiger partial charge < -0.3 is 5.11 Å². The smallest absolute Gasteiger partial charge is 0.265 e. The zero-order chi connectivity index (χ0) is 35.0. The van der Waals surface area contributed by atoms with Gasteiger partial charge in [0.25, 0.3) is 6.71 Å². The van der Waals surface area contributed by atoms with E-state index in [2.05, 4.69) is 151 Å². The van der Waals surface area contributed by atoms with Crippen LogP contribution in [0.4, 0.5) is 0 Å². The standard InChI is InChI=1S/C46H43BN2O/c1-45(2,3)35-25-33(26-36(30-35)46(4,5)6)34-28-41(49-42(29-34)39-20-9-10-22-43(39)50)32-17-13-18-37(27-32)47(44-23-11-12-24-48-44)40-21-14-16-31-15-7-8-19-38(31)40/h7-30,50H,1-6H3. The molecule has 50 heavy (non-hydrogen) atoms. The molecule has 0 bridgehead atoms. The zero-order valence-corrected chi connectivity index (χ0v) is 29.8. The van der Waals surface area contributed by atoms with E-state index in [1.807, 2.05) is 30.5 Å². The van der Waals surface area contributed by atoms with Crippen LogP contribution >= 0.6 is 0 Å². The molecule has 0 spiro atoms. The molecule has 1 N–H and O–H groups in total. The van der Waals surface area contributed by atoms with E-state index in [-0.39, 0.29) is 23.3 Å². The molecule has 0 aliphatic heterocycles. The lowest BCUT2D eigenvalue weighted by atomic mass is 9.37. The Hall–Kier alpha value is -5.48. The Labute approximate surface area is 296 Å². The summed E-state index contributed by atoms with van der Waals surface area (Å²) < 4.78 is 0. The molecule has 5 aromatic carbocycles. The number of aromatic hydroxyl groups is 1. The van der Waals surface area contributed by atoms with Crippen molar-refractivity contribution in [3.8, 4) is 39.4 Å². The summed E-state index contributed by atoms with van der Waals surface area (Å²) in [4.78, 5) is 10.1. The fourth-order valence-electron chi connectivity index (χ4n) is 6.77. The van der Waals surface area contributed by atoms with Crippen molar-refractivity contribution in [2.75, 3.05) is 0 Å². The largest absolute Gasteiger partial charge is 0.507 e. The number of para-hydroxylation sites is 1. The molecular weight excluding hydrogens is 607 g/mol. The third-order valence-electron chi connectivity index (χ3n) is 9.64. The van der Waals surface area contributed by atoms with E-state index in [1.54, 1.807) is 6.07 Å². The van der Waals surface area contributed by atoms with Gasteiger partial charge in [-0.3, -0.25) is 4.98 Å². The third kappa shape index (κ3) is 6.71. The third-order valence-corrected chi connectivity index (χ3v) is 9.64. The maximum Gasteiger partial charge on any atom is 0.265 e. The van der Waals surface area contributed by atoms with Crippen LogP contribution in [0.3, 0.4) is 0 Å². The Morgan fingerprint density at radius 3 is 1.90 bits per heavy atom. The number of phenols is 1. The van der Waals surface area contributed by atoms with Crippen LogP contribution < -0.4 is 16.5 Å². The van der Waals surface area contributed by atoms with Gasteiger partial charge in [0.05, 0.1) is 11.4 Å². The first-order valence-corrected chi connectivity index (χ1v) is 17.4. The normalized spacial score (nSPS) is 11.9. The van der Waals surface area contributed by atoms with Crippen molar-refractivity contribution >= 4 is 34.0 Å². The van der Waals surface area contributed by atoms with E-state index < -0.39 is 0 Å². The number of fused-ring (bicyclic) bond motifs is 1. The second-order valence-electron chi connectivity index (χ2n) is 15.3. The minimum atomic E-state index is -0.0825. The van der Waals surface area contributed by atoms with Gasteiger partial charge in [-0.15, -0.1) is 0 Å². The van der Waals surface area contributed by atoms with Gasteiger partial charge >= 0.3 is 0 Å². The van der Waals surface area contributed by atoms with Crippen molar-refractivity contribution in [3.63, 3.8) is 0 Å². The van der Waals surface area contributed by atoms with Crippen molar-refractivity contribution in [1.29, 1.82) is 0 Å². The van der Waals surface area contributed by atoms with Gasteiger partial charge in [0.1, 0.15) is 5.75 Å². The lowest BCUT2D eigenvalue weighted by molar-refractivity contribution is 0.477. The summed E-state index contributed by atoms with van der Waals surface area (Å²) in [5, 5.41) is 13.4. The molecular formula is C46H43BN2O. The lowest BCUT2D eigenvalue weighted by Crippen LogP contribution is -2.53. The summed E-state index contributed by atoms with van der Waals surface area (Å²) in [5.74, 6) is 0.210. The molecule has 7 aromatic rings. The highest BCUT2D eigenvalue weighted by molar-refractivity contribution is 6.96. The molecule has 0 atom stereocenters. The molecule has 0 aliphatic rings. The van der Waals surface area contributed by atoms with Gasteiger partial charge in [-0.25, -0.2) is 4.98 Å². The van der Waals surface area contributed by atoms with E-state index in [9.17, 15) is 5.11 Å². The van der Waals surface area contributed by atoms with Crippen LogP contribution in [0, 0.1) is 0 Å². The van der Waals surface area contributed by atoms with Gasteiger partial charge in [0.2, 0.25) is 0 Å². The highest BCUT2D eigenvalue weighted by Crippen LogP contribution is 2.37. The Bertz CT molecular complexity index is 2280. The molecule has 246 valence electrons. The van der Waals surface area contributed by atoms with Crippen LogP contribution in [0.1, 0.15) is 52.7 Å². The Morgan fingerprint density at radius 1 is 0.540 bits per heavy atom. The lowest BCUT2D eigenvalue weighted by Gasteiger charge is -2.26. The second-order valence-corrected chi connectivity index (χ2v) is 15.3. The fraction of sp³-hybridized carbons (Fsp3) is 0.174. The quantitative estimate of drug-likeness (QED) is 0.183. The minimum absolute atomic E-state index is 0.0250. The molecule has 0 radical (unpaired) electrons. The minimum Gasteiger partial charge on any atom is -0.507 e. The van der Waals surface area contributed by atoms with Crippen molar-refractivity contribution in [1.82, 2.24) is 9.97 Å². The van der Waals surface area contributed by atoms with Gasteiger partial charge in [0, 0.05) is 17.4 Å². The van der Waals surface area contributed by atoms with E-state index >= 15 is 0 Å². The number of hydrogen-bond acceptors (Lipinski definition) is 3. The summed E-state index contributed by atoms with van der Waals surface area (Å²) >= 11 is 0. The number of nitrogens with zero attached hydrogens (tertiary/aromatic N) is 2. The number of phenolic OH excluding ortho intramolecular Hbond substituents is 1. The van der Waals surface area contributed by atoms with E-state index in [0.717, 1.165) is 39.1 Å². The molecule has 2 aromatic heterocycles. The summed E-state index contributed by atoms with van der Waals surface area (Å²) in [7, 11) is 0. The molecule has 7 rings (SSSR count). The molecule has 0 saturated heterocycles. The Balaban J connectivity index is 1.44. The monoisotopic (exact) mass is 650 g/mol. The summed E-state index contributed by atoms with van der Waals surface area (Å²) in [6.07, 6.45) is 1.87. The zero-order valence-electron chi connectivity index (χ0n) is 29.8. The topological polar surface area (TPSA) is 46.0 Å². The van der Waals surface area contributed by atoms with Crippen LogP contribution in [0.15, 0.2) is 146 Å². The Kier molecular flexibility index (Phi) is 8.65. The molecule has 0 unspecified atom stereocenters. The number of rotatable bonds is 6. The molecule has 3 nitrogen and oxygen atoms in total. The number of hydrogen-bond donors (Lipinski definition) is 1. The van der Waals surface area contributed by atoms with Crippen LogP contribution in [0.25, 0.3) is 44.4 Å². The SMILES string of the molecule is CC(C)(C)c1cc(-c2cc(-c3cccc(B(c4ccccn4)c4cccc5ccccc45)c3)nc(-c3ccccc3O)c2)cc(C(C)(C)C)c1. The number of pyridine rings is 2. The van der Waals surface area contributed by atoms with Crippen molar-refractivity contribution in [2.24, 2.45) is 0 Å². The van der Waals surface area contributed by atoms with Gasteiger partial charge in [-0.2, -0.15) is 0 Å². The first-order valence-electron chi connectivity index (χ1n) is 17.4. The maximum atomic E-state index is 11.0. The van der Waals surface area contributed by atoms with E-state index in [1.165, 1.54) is 27.4 Å². The fourth-order valence-corrected chi connectivity index (χ4v) is 6.77. The molecule has 0 aliphatic carbocycles. The molecule has 4 heteroatoms. The average Bonchev–Trinajstić information content (AvgIpc) is 3.11. The van der Waals surface area contributed by atoms with Crippen molar-refractivity contribution in [2.45, 2.75) is 52.4 Å². The van der Waals surface area contributed by atoms with Crippen LogP contribution in [0.5, 0.6) is 5.75 Å². The number of aromatic nitrogens is 2. The van der Waals surface area contributed by atoms with Crippen LogP contribution in [0.2, 0.25) is 0 Å². The molecule has 0 amide bonds. The van der Waals surface area contributed by atoms with Crippen molar-refractivity contribution < 1.29 is 5.11 Å². The Morgan fingerprint density at radius 2 is 1.18 bits per heavy atom. The average molecular weight is 651 g/mol. The van der Waals surface area contributed by atoms with Gasteiger partial charge in [0.15, 0.2) is 0 Å². The van der Waals surface area contributed by atoms with Crippen LogP contribution in [-0.4, -0.2) is 21.8 Å². The predicted octanol–water partition coefficient (Wildman–Crippen LogP) is 9.45. The second kappa shape index (κ2) is 13.1. The van der Waals surface area contributed by atoms with E-state index in [4.69, 9.17) is 9.97 Å². The predicted molar refractivity (Wildman–Crippen MR) is 212 cm³/mol. The maximum absolute atomic E-state index is 11.0. The van der Waals surface area contributed by atoms with Gasteiger partial charge in [-0.05, 0) is 85.8 Å². The number of benzene rings is 5. The molecule has 2 heterocycles. The summed E-state index contributed by atoms with van der Waals surface area (Å²) in [5.41, 5.74) is 11.4. The highest BCUT2D eigenvalue weighted by atomic mass is 16.3. The van der Waals surface area contributed by atoms with Crippen LogP contribution in [-0.2, 0) is 10.8 Å². The highest BCUT2D eigenvalue weighted by Gasteiger charge is 2.26. The van der Waals surface area contributed by atoms with Crippen molar-refractivity contribution in [3.05, 3.63) is 157 Å².